The number of halogens is 3. The van der Waals surface area contributed by atoms with Gasteiger partial charge >= 0.3 is 6.18 Å². The van der Waals surface area contributed by atoms with E-state index in [2.05, 4.69) is 15.6 Å². The maximum atomic E-state index is 12.9. The third-order valence-electron chi connectivity index (χ3n) is 3.50. The zero-order valence-electron chi connectivity index (χ0n) is 12.4. The highest BCUT2D eigenvalue weighted by molar-refractivity contribution is 8.15. The van der Waals surface area contributed by atoms with Gasteiger partial charge in [0.25, 0.3) is 0 Å². The number of anilines is 1. The second-order valence-corrected chi connectivity index (χ2v) is 6.75. The van der Waals surface area contributed by atoms with E-state index in [1.165, 1.54) is 18.2 Å². The fourth-order valence-electron chi connectivity index (χ4n) is 2.18. The van der Waals surface area contributed by atoms with E-state index in [9.17, 15) is 22.8 Å². The van der Waals surface area contributed by atoms with Gasteiger partial charge in [-0.2, -0.15) is 13.2 Å². The number of amides is 2. The van der Waals surface area contributed by atoms with Crippen molar-refractivity contribution in [3.05, 3.63) is 29.8 Å². The van der Waals surface area contributed by atoms with Crippen molar-refractivity contribution >= 4 is 34.4 Å². The average molecular weight is 357 g/mol. The van der Waals surface area contributed by atoms with Crippen molar-refractivity contribution < 1.29 is 22.8 Å². The molecule has 1 saturated heterocycles. The Morgan fingerprint density at radius 3 is 2.71 bits per heavy atom. The molecule has 1 saturated carbocycles. The first-order chi connectivity index (χ1) is 11.3. The van der Waals surface area contributed by atoms with Gasteiger partial charge in [-0.15, -0.1) is 0 Å². The molecule has 2 aliphatic rings. The summed E-state index contributed by atoms with van der Waals surface area (Å²) in [5, 5.41) is 4.64. The van der Waals surface area contributed by atoms with E-state index in [-0.39, 0.29) is 24.1 Å². The first-order valence-electron chi connectivity index (χ1n) is 7.34. The van der Waals surface area contributed by atoms with Crippen molar-refractivity contribution in [2.75, 3.05) is 5.32 Å². The fraction of sp³-hybridized carbons (Fsp3) is 0.400. The largest absolute Gasteiger partial charge is 0.418 e. The van der Waals surface area contributed by atoms with E-state index in [4.69, 9.17) is 0 Å². The van der Waals surface area contributed by atoms with Crippen molar-refractivity contribution in [2.24, 2.45) is 4.99 Å². The quantitative estimate of drug-likeness (QED) is 0.871. The monoisotopic (exact) mass is 357 g/mol. The van der Waals surface area contributed by atoms with Crippen LogP contribution in [0.4, 0.5) is 18.9 Å². The molecule has 2 N–H and O–H groups in total. The Labute approximate surface area is 140 Å². The molecule has 3 rings (SSSR count). The van der Waals surface area contributed by atoms with Gasteiger partial charge in [0.15, 0.2) is 5.17 Å². The van der Waals surface area contributed by atoms with Gasteiger partial charge in [-0.3, -0.25) is 14.6 Å². The smallest absolute Gasteiger partial charge is 0.325 e. The number of amidine groups is 1. The lowest BCUT2D eigenvalue weighted by Crippen LogP contribution is -2.28. The molecule has 2 amide bonds. The topological polar surface area (TPSA) is 70.6 Å². The molecule has 1 heterocycles. The van der Waals surface area contributed by atoms with Crippen molar-refractivity contribution in [3.63, 3.8) is 0 Å². The van der Waals surface area contributed by atoms with E-state index in [0.717, 1.165) is 30.7 Å². The van der Waals surface area contributed by atoms with Crippen molar-refractivity contribution in [2.45, 2.75) is 36.7 Å². The van der Waals surface area contributed by atoms with Crippen LogP contribution in [-0.2, 0) is 15.8 Å². The Hall–Kier alpha value is -2.03. The number of hydrogen-bond donors (Lipinski definition) is 2. The molecule has 0 aromatic heterocycles. The van der Waals surface area contributed by atoms with Gasteiger partial charge in [-0.1, -0.05) is 23.9 Å². The van der Waals surface area contributed by atoms with Crippen molar-refractivity contribution in [1.82, 2.24) is 5.32 Å². The van der Waals surface area contributed by atoms with Crippen LogP contribution in [0.5, 0.6) is 0 Å². The Bertz CT molecular complexity index is 701. The van der Waals surface area contributed by atoms with Gasteiger partial charge < -0.3 is 10.6 Å². The second-order valence-electron chi connectivity index (χ2n) is 5.56. The molecule has 1 aliphatic carbocycles. The van der Waals surface area contributed by atoms with Crippen molar-refractivity contribution in [1.29, 1.82) is 0 Å². The molecule has 9 heteroatoms. The van der Waals surface area contributed by atoms with Crippen LogP contribution in [0, 0.1) is 0 Å². The normalized spacial score (nSPS) is 22.5. The SMILES string of the molecule is O=C(C[C@@H]1SC(=NC2CC2)NC1=O)Nc1ccccc1C(F)(F)F. The summed E-state index contributed by atoms with van der Waals surface area (Å²) < 4.78 is 38.7. The lowest BCUT2D eigenvalue weighted by Gasteiger charge is -2.14. The van der Waals surface area contributed by atoms with Crippen LogP contribution in [0.2, 0.25) is 0 Å². The van der Waals surface area contributed by atoms with E-state index >= 15 is 0 Å². The summed E-state index contributed by atoms with van der Waals surface area (Å²) in [6, 6.07) is 4.97. The number of aliphatic imine (C=N–C) groups is 1. The number of nitrogens with one attached hydrogen (secondary N) is 2. The number of para-hydroxylation sites is 1. The number of rotatable bonds is 4. The molecule has 0 spiro atoms. The highest BCUT2D eigenvalue weighted by Crippen LogP contribution is 2.35. The highest BCUT2D eigenvalue weighted by atomic mass is 32.2. The lowest BCUT2D eigenvalue weighted by molar-refractivity contribution is -0.137. The number of benzene rings is 1. The molecular formula is C15H14F3N3O2S. The van der Waals surface area contributed by atoms with Gasteiger partial charge in [-0.25, -0.2) is 0 Å². The minimum atomic E-state index is -4.56. The van der Waals surface area contributed by atoms with E-state index < -0.39 is 22.9 Å². The first-order valence-corrected chi connectivity index (χ1v) is 8.22. The summed E-state index contributed by atoms with van der Waals surface area (Å²) in [5.41, 5.74) is -1.23. The molecule has 1 aliphatic heterocycles. The Balaban J connectivity index is 1.63. The summed E-state index contributed by atoms with van der Waals surface area (Å²) >= 11 is 1.14. The Morgan fingerprint density at radius 1 is 1.33 bits per heavy atom. The first kappa shape index (κ1) is 16.8. The zero-order chi connectivity index (χ0) is 17.3. The van der Waals surface area contributed by atoms with Crippen LogP contribution in [0.1, 0.15) is 24.8 Å². The third-order valence-corrected chi connectivity index (χ3v) is 4.60. The van der Waals surface area contributed by atoms with Gasteiger partial charge in [-0.05, 0) is 25.0 Å². The van der Waals surface area contributed by atoms with Gasteiger partial charge in [0.1, 0.15) is 5.25 Å². The van der Waals surface area contributed by atoms with Crippen LogP contribution in [0.25, 0.3) is 0 Å². The summed E-state index contributed by atoms with van der Waals surface area (Å²) in [6.45, 7) is 0. The fourth-order valence-corrected chi connectivity index (χ4v) is 3.22. The van der Waals surface area contributed by atoms with Crippen LogP contribution in [0.15, 0.2) is 29.3 Å². The maximum Gasteiger partial charge on any atom is 0.418 e. The van der Waals surface area contributed by atoms with Gasteiger partial charge in [0, 0.05) is 6.42 Å². The van der Waals surface area contributed by atoms with Crippen molar-refractivity contribution in [3.8, 4) is 0 Å². The molecule has 128 valence electrons. The molecule has 24 heavy (non-hydrogen) atoms. The van der Waals surface area contributed by atoms with Crippen LogP contribution in [-0.4, -0.2) is 28.3 Å². The zero-order valence-corrected chi connectivity index (χ0v) is 13.2. The molecule has 0 bridgehead atoms. The predicted molar refractivity (Wildman–Crippen MR) is 84.7 cm³/mol. The molecule has 1 atom stereocenters. The van der Waals surface area contributed by atoms with Crippen LogP contribution >= 0.6 is 11.8 Å². The summed E-state index contributed by atoms with van der Waals surface area (Å²) in [6.07, 6.45) is -2.81. The Kier molecular flexibility index (Phi) is 4.53. The number of thioether (sulfide) groups is 1. The minimum absolute atomic E-state index is 0.216. The Morgan fingerprint density at radius 2 is 2.04 bits per heavy atom. The number of carbonyl (C=O) groups excluding carboxylic acids is 2. The second kappa shape index (κ2) is 6.46. The van der Waals surface area contributed by atoms with E-state index in [0.29, 0.717) is 5.17 Å². The average Bonchev–Trinajstić information content (AvgIpc) is 3.23. The number of carbonyl (C=O) groups is 2. The minimum Gasteiger partial charge on any atom is -0.325 e. The summed E-state index contributed by atoms with van der Waals surface area (Å²) in [5.74, 6) is -0.995. The molecule has 1 aromatic rings. The van der Waals surface area contributed by atoms with Gasteiger partial charge in [0.2, 0.25) is 11.8 Å². The van der Waals surface area contributed by atoms with E-state index in [1.807, 2.05) is 0 Å². The number of alkyl halides is 3. The van der Waals surface area contributed by atoms with Crippen LogP contribution < -0.4 is 10.6 Å². The standard InChI is InChI=1S/C15H14F3N3O2S/c16-15(17,18)9-3-1-2-4-10(9)20-12(22)7-11-13(23)21-14(24-11)19-8-5-6-8/h1-4,8,11H,5-7H2,(H,20,22)(H,19,21,23)/t11-/m0/s1. The highest BCUT2D eigenvalue weighted by Gasteiger charge is 2.36. The number of nitrogens with zero attached hydrogens (tertiary/aromatic N) is 1. The predicted octanol–water partition coefficient (Wildman–Crippen LogP) is 2.78. The summed E-state index contributed by atoms with van der Waals surface area (Å²) in [7, 11) is 0. The molecule has 1 aromatic carbocycles. The number of hydrogen-bond acceptors (Lipinski definition) is 4. The summed E-state index contributed by atoms with van der Waals surface area (Å²) in [4.78, 5) is 28.1. The lowest BCUT2D eigenvalue weighted by atomic mass is 10.1. The van der Waals surface area contributed by atoms with E-state index in [1.54, 1.807) is 0 Å². The molecule has 0 radical (unpaired) electrons. The molecule has 2 fully saturated rings. The third kappa shape index (κ3) is 4.08. The molecule has 5 nitrogen and oxygen atoms in total. The molecular weight excluding hydrogens is 343 g/mol. The molecule has 0 unspecified atom stereocenters. The maximum absolute atomic E-state index is 12.9. The van der Waals surface area contributed by atoms with Gasteiger partial charge in [0.05, 0.1) is 17.3 Å². The van der Waals surface area contributed by atoms with Crippen LogP contribution in [0.3, 0.4) is 0 Å².